The number of amides is 1. The van der Waals surface area contributed by atoms with Crippen LogP contribution in [0.5, 0.6) is 0 Å². The van der Waals surface area contributed by atoms with Crippen molar-refractivity contribution >= 4 is 17.8 Å². The number of aryl methyl sites for hydroxylation is 1. The highest BCUT2D eigenvalue weighted by Gasteiger charge is 2.21. The maximum atomic E-state index is 12.5. The number of carbonyl (C=O) groups excluding carboxylic acids is 1. The first-order valence-corrected chi connectivity index (χ1v) is 9.85. The molecule has 1 aliphatic rings. The van der Waals surface area contributed by atoms with Gasteiger partial charge in [0, 0.05) is 43.9 Å². The van der Waals surface area contributed by atoms with Crippen LogP contribution in [0.2, 0.25) is 0 Å². The summed E-state index contributed by atoms with van der Waals surface area (Å²) >= 11 is 0. The minimum absolute atomic E-state index is 0.0523. The van der Waals surface area contributed by atoms with E-state index < -0.39 is 0 Å². The number of hydrogen-bond donors (Lipinski definition) is 0. The molecule has 2 heterocycles. The molecule has 1 fully saturated rings. The monoisotopic (exact) mass is 384 g/mol. The number of benzene rings is 2. The molecule has 1 saturated heterocycles. The number of rotatable bonds is 4. The summed E-state index contributed by atoms with van der Waals surface area (Å²) in [4.78, 5) is 25.4. The average Bonchev–Trinajstić information content (AvgIpc) is 2.79. The molecule has 0 N–H and O–H groups in total. The van der Waals surface area contributed by atoms with Crippen molar-refractivity contribution in [3.63, 3.8) is 0 Å². The number of carbonyl (C=O) groups is 1. The molecular formula is C24H24N4O. The van der Waals surface area contributed by atoms with Gasteiger partial charge in [0.25, 0.3) is 0 Å². The summed E-state index contributed by atoms with van der Waals surface area (Å²) in [5.74, 6) is 0.957. The molecule has 0 spiro atoms. The third kappa shape index (κ3) is 4.69. The normalized spacial score (nSPS) is 14.4. The fourth-order valence-electron chi connectivity index (χ4n) is 3.40. The number of aromatic nitrogens is 2. The van der Waals surface area contributed by atoms with Crippen LogP contribution in [0, 0.1) is 6.92 Å². The Bertz CT molecular complexity index is 991. The standard InChI is InChI=1S/C24H24N4O/c1-19-7-10-21(11-8-19)22-17-23(26-18-25-22)27-13-15-28(16-14-27)24(29)12-9-20-5-3-2-4-6-20/h2-12,17-18H,13-16H2,1H3/b12-9+. The molecule has 0 radical (unpaired) electrons. The smallest absolute Gasteiger partial charge is 0.246 e. The molecule has 2 aromatic carbocycles. The lowest BCUT2D eigenvalue weighted by Crippen LogP contribution is -2.48. The van der Waals surface area contributed by atoms with Crippen molar-refractivity contribution in [1.82, 2.24) is 14.9 Å². The van der Waals surface area contributed by atoms with E-state index in [1.807, 2.05) is 47.4 Å². The Hall–Kier alpha value is -3.47. The molecule has 1 amide bonds. The van der Waals surface area contributed by atoms with E-state index in [2.05, 4.69) is 46.1 Å². The molecule has 4 rings (SSSR count). The van der Waals surface area contributed by atoms with Crippen molar-refractivity contribution in [1.29, 1.82) is 0 Å². The minimum Gasteiger partial charge on any atom is -0.353 e. The zero-order valence-corrected chi connectivity index (χ0v) is 16.5. The third-order valence-corrected chi connectivity index (χ3v) is 5.13. The highest BCUT2D eigenvalue weighted by molar-refractivity contribution is 5.92. The predicted molar refractivity (Wildman–Crippen MR) is 116 cm³/mol. The van der Waals surface area contributed by atoms with Crippen molar-refractivity contribution in [2.75, 3.05) is 31.1 Å². The van der Waals surface area contributed by atoms with Crippen molar-refractivity contribution < 1.29 is 4.79 Å². The molecule has 29 heavy (non-hydrogen) atoms. The maximum absolute atomic E-state index is 12.5. The molecule has 5 nitrogen and oxygen atoms in total. The second kappa shape index (κ2) is 8.69. The molecule has 0 saturated carbocycles. The average molecular weight is 384 g/mol. The molecule has 0 unspecified atom stereocenters. The Morgan fingerprint density at radius 3 is 2.38 bits per heavy atom. The lowest BCUT2D eigenvalue weighted by molar-refractivity contribution is -0.126. The van der Waals surface area contributed by atoms with Gasteiger partial charge in [0.1, 0.15) is 12.1 Å². The van der Waals surface area contributed by atoms with Crippen LogP contribution in [-0.4, -0.2) is 47.0 Å². The fraction of sp³-hybridized carbons (Fsp3) is 0.208. The Labute approximate surface area is 171 Å². The Morgan fingerprint density at radius 1 is 0.931 bits per heavy atom. The summed E-state index contributed by atoms with van der Waals surface area (Å²) in [6, 6.07) is 20.2. The minimum atomic E-state index is 0.0523. The summed E-state index contributed by atoms with van der Waals surface area (Å²) in [5.41, 5.74) is 4.26. The van der Waals surface area contributed by atoms with Gasteiger partial charge in [-0.15, -0.1) is 0 Å². The van der Waals surface area contributed by atoms with Crippen molar-refractivity contribution in [2.24, 2.45) is 0 Å². The first kappa shape index (κ1) is 18.9. The highest BCUT2D eigenvalue weighted by Crippen LogP contribution is 2.22. The maximum Gasteiger partial charge on any atom is 0.246 e. The number of piperazine rings is 1. The summed E-state index contributed by atoms with van der Waals surface area (Å²) < 4.78 is 0. The first-order valence-electron chi connectivity index (χ1n) is 9.85. The molecule has 0 atom stereocenters. The van der Waals surface area contributed by atoms with Crippen LogP contribution in [0.15, 0.2) is 73.1 Å². The fourth-order valence-corrected chi connectivity index (χ4v) is 3.40. The van der Waals surface area contributed by atoms with Gasteiger partial charge >= 0.3 is 0 Å². The van der Waals surface area contributed by atoms with Crippen molar-refractivity contribution in [3.05, 3.63) is 84.2 Å². The number of nitrogens with zero attached hydrogens (tertiary/aromatic N) is 4. The van der Waals surface area contributed by atoms with Gasteiger partial charge < -0.3 is 9.80 Å². The zero-order chi connectivity index (χ0) is 20.1. The van der Waals surface area contributed by atoms with Gasteiger partial charge in [-0.2, -0.15) is 0 Å². The summed E-state index contributed by atoms with van der Waals surface area (Å²) in [5, 5.41) is 0. The van der Waals surface area contributed by atoms with Gasteiger partial charge in [-0.3, -0.25) is 4.79 Å². The van der Waals surface area contributed by atoms with Gasteiger partial charge in [0.15, 0.2) is 0 Å². The summed E-state index contributed by atoms with van der Waals surface area (Å²) in [7, 11) is 0. The van der Waals surface area contributed by atoms with Gasteiger partial charge in [-0.25, -0.2) is 9.97 Å². The second-order valence-electron chi connectivity index (χ2n) is 7.18. The van der Waals surface area contributed by atoms with Crippen LogP contribution in [0.3, 0.4) is 0 Å². The zero-order valence-electron chi connectivity index (χ0n) is 16.5. The third-order valence-electron chi connectivity index (χ3n) is 5.13. The topological polar surface area (TPSA) is 49.3 Å². The van der Waals surface area contributed by atoms with Crippen molar-refractivity contribution in [2.45, 2.75) is 6.92 Å². The Kier molecular flexibility index (Phi) is 5.66. The Balaban J connectivity index is 1.38. The largest absolute Gasteiger partial charge is 0.353 e. The summed E-state index contributed by atoms with van der Waals surface area (Å²) in [6.07, 6.45) is 5.14. The van der Waals surface area contributed by atoms with E-state index in [9.17, 15) is 4.79 Å². The lowest BCUT2D eigenvalue weighted by atomic mass is 10.1. The SMILES string of the molecule is Cc1ccc(-c2cc(N3CCN(C(=O)/C=C/c4ccccc4)CC3)ncn2)cc1. The van der Waals surface area contributed by atoms with Crippen LogP contribution in [-0.2, 0) is 4.79 Å². The van der Waals surface area contributed by atoms with E-state index in [1.165, 1.54) is 5.56 Å². The van der Waals surface area contributed by atoms with Crippen LogP contribution >= 0.6 is 0 Å². The van der Waals surface area contributed by atoms with Gasteiger partial charge in [-0.1, -0.05) is 60.2 Å². The highest BCUT2D eigenvalue weighted by atomic mass is 16.2. The molecule has 5 heteroatoms. The Morgan fingerprint density at radius 2 is 1.66 bits per heavy atom. The molecule has 1 aromatic heterocycles. The van der Waals surface area contributed by atoms with Crippen LogP contribution in [0.4, 0.5) is 5.82 Å². The molecule has 146 valence electrons. The van der Waals surface area contributed by atoms with Gasteiger partial charge in [0.2, 0.25) is 5.91 Å². The van der Waals surface area contributed by atoms with E-state index in [1.54, 1.807) is 12.4 Å². The molecule has 3 aromatic rings. The number of hydrogen-bond acceptors (Lipinski definition) is 4. The quantitative estimate of drug-likeness (QED) is 0.642. The van der Waals surface area contributed by atoms with Gasteiger partial charge in [-0.05, 0) is 18.6 Å². The van der Waals surface area contributed by atoms with E-state index >= 15 is 0 Å². The van der Waals surface area contributed by atoms with Gasteiger partial charge in [0.05, 0.1) is 5.69 Å². The van der Waals surface area contributed by atoms with Crippen LogP contribution in [0.1, 0.15) is 11.1 Å². The predicted octanol–water partition coefficient (Wildman–Crippen LogP) is 3.81. The molecule has 1 aliphatic heterocycles. The molecule has 0 aliphatic carbocycles. The molecular weight excluding hydrogens is 360 g/mol. The first-order chi connectivity index (χ1) is 14.2. The van der Waals surface area contributed by atoms with E-state index in [4.69, 9.17) is 0 Å². The van der Waals surface area contributed by atoms with Crippen LogP contribution < -0.4 is 4.90 Å². The van der Waals surface area contributed by atoms with E-state index in [0.29, 0.717) is 13.1 Å². The van der Waals surface area contributed by atoms with E-state index in [0.717, 1.165) is 35.7 Å². The van der Waals surface area contributed by atoms with Crippen LogP contribution in [0.25, 0.3) is 17.3 Å². The van der Waals surface area contributed by atoms with E-state index in [-0.39, 0.29) is 5.91 Å². The molecule has 0 bridgehead atoms. The number of anilines is 1. The van der Waals surface area contributed by atoms with Crippen molar-refractivity contribution in [3.8, 4) is 11.3 Å². The lowest BCUT2D eigenvalue weighted by Gasteiger charge is -2.35. The summed E-state index contributed by atoms with van der Waals surface area (Å²) in [6.45, 7) is 4.96. The second-order valence-corrected chi connectivity index (χ2v) is 7.18.